The number of halogens is 3. The van der Waals surface area contributed by atoms with Crippen molar-refractivity contribution in [2.24, 2.45) is 0 Å². The first-order valence-electron chi connectivity index (χ1n) is 4.89. The van der Waals surface area contributed by atoms with E-state index in [1.54, 1.807) is 0 Å². The van der Waals surface area contributed by atoms with Crippen molar-refractivity contribution in [2.45, 2.75) is 30.9 Å². The molecule has 0 bridgehead atoms. The average molecular weight is 250 g/mol. The van der Waals surface area contributed by atoms with E-state index in [0.717, 1.165) is 6.07 Å². The molecule has 0 saturated heterocycles. The van der Waals surface area contributed by atoms with Crippen LogP contribution >= 0.6 is 0 Å². The molecule has 1 heterocycles. The Hall–Kier alpha value is -1.73. The third kappa shape index (κ3) is 1.83. The molecule has 5 nitrogen and oxygen atoms in total. The zero-order valence-electron chi connectivity index (χ0n) is 8.54. The zero-order valence-corrected chi connectivity index (χ0v) is 8.54. The Kier molecular flexibility index (Phi) is 2.52. The fourth-order valence-corrected chi connectivity index (χ4v) is 1.87. The van der Waals surface area contributed by atoms with Crippen molar-refractivity contribution in [2.75, 3.05) is 5.32 Å². The maximum atomic E-state index is 12.9. The van der Waals surface area contributed by atoms with Gasteiger partial charge in [-0.3, -0.25) is 5.32 Å². The van der Waals surface area contributed by atoms with Crippen LogP contribution in [0.4, 0.5) is 23.8 Å². The van der Waals surface area contributed by atoms with Crippen LogP contribution in [-0.2, 0) is 5.41 Å². The highest BCUT2D eigenvalue weighted by molar-refractivity contribution is 5.81. The molecule has 8 heteroatoms. The first-order chi connectivity index (χ1) is 7.85. The summed E-state index contributed by atoms with van der Waals surface area (Å²) in [7, 11) is 0. The average Bonchev–Trinajstić information content (AvgIpc) is 2.46. The second kappa shape index (κ2) is 3.64. The summed E-state index contributed by atoms with van der Waals surface area (Å²) in [4.78, 5) is 10.3. The van der Waals surface area contributed by atoms with Crippen LogP contribution in [0.25, 0.3) is 0 Å². The van der Waals surface area contributed by atoms with Gasteiger partial charge in [-0.2, -0.15) is 13.2 Å². The van der Waals surface area contributed by atoms with E-state index in [0.29, 0.717) is 6.42 Å². The second-order valence-electron chi connectivity index (χ2n) is 3.94. The number of hydrogen-bond donors (Lipinski definition) is 2. The second-order valence-corrected chi connectivity index (χ2v) is 3.94. The van der Waals surface area contributed by atoms with Crippen LogP contribution in [0.5, 0.6) is 0 Å². The van der Waals surface area contributed by atoms with Gasteiger partial charge < -0.3 is 9.63 Å². The van der Waals surface area contributed by atoms with Gasteiger partial charge in [-0.15, -0.1) is 0 Å². The molecule has 0 atom stereocenters. The first kappa shape index (κ1) is 11.7. The quantitative estimate of drug-likeness (QED) is 0.846. The van der Waals surface area contributed by atoms with E-state index in [2.05, 4.69) is 9.68 Å². The Morgan fingerprint density at radius 3 is 2.59 bits per heavy atom. The number of carbonyl (C=O) groups is 1. The molecule has 0 spiro atoms. The first-order valence-corrected chi connectivity index (χ1v) is 4.89. The zero-order chi connectivity index (χ0) is 12.7. The monoisotopic (exact) mass is 250 g/mol. The van der Waals surface area contributed by atoms with Crippen molar-refractivity contribution in [3.8, 4) is 0 Å². The Labute approximate surface area is 93.6 Å². The number of nitrogens with one attached hydrogen (secondary N) is 1. The van der Waals surface area contributed by atoms with Crippen molar-refractivity contribution >= 4 is 11.9 Å². The summed E-state index contributed by atoms with van der Waals surface area (Å²) in [6.45, 7) is 0. The van der Waals surface area contributed by atoms with E-state index in [-0.39, 0.29) is 24.4 Å². The number of carboxylic acid groups (broad SMARTS) is 1. The number of amides is 1. The number of hydrogen-bond acceptors (Lipinski definition) is 3. The van der Waals surface area contributed by atoms with Gasteiger partial charge in [0.05, 0.1) is 0 Å². The maximum Gasteiger partial charge on any atom is 0.410 e. The lowest BCUT2D eigenvalue weighted by Crippen LogP contribution is -2.47. The summed E-state index contributed by atoms with van der Waals surface area (Å²) in [6.07, 6.45) is -5.47. The smallest absolute Gasteiger partial charge is 0.410 e. The van der Waals surface area contributed by atoms with Gasteiger partial charge in [0.15, 0.2) is 11.6 Å². The molecular formula is C9H9F3N2O3. The summed E-state index contributed by atoms with van der Waals surface area (Å²) in [6, 6.07) is 0.987. The van der Waals surface area contributed by atoms with Gasteiger partial charge in [-0.1, -0.05) is 11.6 Å². The maximum absolute atomic E-state index is 12.9. The molecule has 1 amide bonds. The van der Waals surface area contributed by atoms with E-state index in [1.807, 2.05) is 5.32 Å². The highest BCUT2D eigenvalue weighted by atomic mass is 19.4. The van der Waals surface area contributed by atoms with Crippen LogP contribution in [-0.4, -0.2) is 22.5 Å². The Morgan fingerprint density at radius 1 is 1.53 bits per heavy atom. The molecule has 0 aromatic carbocycles. The van der Waals surface area contributed by atoms with Crippen LogP contribution in [0.1, 0.15) is 25.0 Å². The molecule has 1 aromatic rings. The lowest BCUT2D eigenvalue weighted by atomic mass is 9.66. The fraction of sp³-hybridized carbons (Fsp3) is 0.556. The third-order valence-corrected chi connectivity index (χ3v) is 2.97. The summed E-state index contributed by atoms with van der Waals surface area (Å²) in [5, 5.41) is 13.5. The van der Waals surface area contributed by atoms with E-state index < -0.39 is 17.7 Å². The van der Waals surface area contributed by atoms with Gasteiger partial charge in [0.1, 0.15) is 5.41 Å². The minimum Gasteiger partial charge on any atom is -0.465 e. The topological polar surface area (TPSA) is 75.4 Å². The van der Waals surface area contributed by atoms with Crippen LogP contribution < -0.4 is 5.32 Å². The number of alkyl halides is 3. The normalized spacial score (nSPS) is 18.5. The molecular weight excluding hydrogens is 241 g/mol. The van der Waals surface area contributed by atoms with Crippen molar-refractivity contribution in [3.63, 3.8) is 0 Å². The summed E-state index contributed by atoms with van der Waals surface area (Å²) in [5.41, 5.74) is -2.00. The number of anilines is 1. The van der Waals surface area contributed by atoms with Crippen molar-refractivity contribution in [1.29, 1.82) is 0 Å². The van der Waals surface area contributed by atoms with Crippen LogP contribution in [0.2, 0.25) is 0 Å². The molecule has 17 heavy (non-hydrogen) atoms. The standard InChI is InChI=1S/C9H9F3N2O3/c10-9(11,12)8(2-1-3-8)5-4-6(14-17-5)13-7(15)16/h4H,1-3H2,(H,13,14)(H,15,16). The fourth-order valence-electron chi connectivity index (χ4n) is 1.87. The molecule has 2 N–H and O–H groups in total. The van der Waals surface area contributed by atoms with Crippen LogP contribution in [0.15, 0.2) is 10.6 Å². The highest BCUT2D eigenvalue weighted by Gasteiger charge is 2.61. The molecule has 0 unspecified atom stereocenters. The Bertz CT molecular complexity index is 437. The highest BCUT2D eigenvalue weighted by Crippen LogP contribution is 2.54. The van der Waals surface area contributed by atoms with Gasteiger partial charge >= 0.3 is 12.3 Å². The SMILES string of the molecule is O=C(O)Nc1cc(C2(C(F)(F)F)CCC2)on1. The minimum absolute atomic E-state index is 0.0573. The summed E-state index contributed by atoms with van der Waals surface area (Å²) < 4.78 is 43.3. The van der Waals surface area contributed by atoms with E-state index >= 15 is 0 Å². The molecule has 1 fully saturated rings. The molecule has 1 saturated carbocycles. The molecule has 1 aromatic heterocycles. The van der Waals surface area contributed by atoms with Crippen LogP contribution in [0.3, 0.4) is 0 Å². The molecule has 0 aliphatic heterocycles. The number of aromatic nitrogens is 1. The minimum atomic E-state index is -4.41. The third-order valence-electron chi connectivity index (χ3n) is 2.97. The summed E-state index contributed by atoms with van der Waals surface area (Å²) >= 11 is 0. The lowest BCUT2D eigenvalue weighted by Gasteiger charge is -2.40. The Morgan fingerprint density at radius 2 is 2.18 bits per heavy atom. The van der Waals surface area contributed by atoms with E-state index in [1.165, 1.54) is 0 Å². The largest absolute Gasteiger partial charge is 0.465 e. The molecule has 94 valence electrons. The van der Waals surface area contributed by atoms with Gasteiger partial charge in [0, 0.05) is 6.07 Å². The lowest BCUT2D eigenvalue weighted by molar-refractivity contribution is -0.218. The predicted molar refractivity (Wildman–Crippen MR) is 49.7 cm³/mol. The van der Waals surface area contributed by atoms with Gasteiger partial charge in [0.2, 0.25) is 0 Å². The predicted octanol–water partition coefficient (Wildman–Crippen LogP) is 2.75. The van der Waals surface area contributed by atoms with E-state index in [9.17, 15) is 18.0 Å². The van der Waals surface area contributed by atoms with Crippen molar-refractivity contribution < 1.29 is 27.6 Å². The van der Waals surface area contributed by atoms with E-state index in [4.69, 9.17) is 5.11 Å². The number of nitrogens with zero attached hydrogens (tertiary/aromatic N) is 1. The molecule has 0 radical (unpaired) electrons. The Balaban J connectivity index is 2.27. The van der Waals surface area contributed by atoms with Gasteiger partial charge in [-0.05, 0) is 12.8 Å². The van der Waals surface area contributed by atoms with Crippen molar-refractivity contribution in [3.05, 3.63) is 11.8 Å². The summed E-state index contributed by atoms with van der Waals surface area (Å²) in [5.74, 6) is -0.567. The molecule has 1 aliphatic rings. The van der Waals surface area contributed by atoms with Gasteiger partial charge in [0.25, 0.3) is 0 Å². The van der Waals surface area contributed by atoms with Crippen LogP contribution in [0, 0.1) is 0 Å². The number of rotatable bonds is 2. The molecule has 1 aliphatic carbocycles. The van der Waals surface area contributed by atoms with Crippen molar-refractivity contribution in [1.82, 2.24) is 5.16 Å². The van der Waals surface area contributed by atoms with Gasteiger partial charge in [-0.25, -0.2) is 4.79 Å². The molecule has 2 rings (SSSR count).